The van der Waals surface area contributed by atoms with Crippen molar-refractivity contribution in [2.45, 2.75) is 26.8 Å². The number of rotatable bonds is 7. The maximum absolute atomic E-state index is 12.6. The lowest BCUT2D eigenvalue weighted by atomic mass is 10.1. The molecule has 1 aromatic heterocycles. The van der Waals surface area contributed by atoms with Crippen molar-refractivity contribution in [3.8, 4) is 11.5 Å². The van der Waals surface area contributed by atoms with Crippen LogP contribution in [-0.2, 0) is 4.79 Å². The zero-order valence-corrected chi connectivity index (χ0v) is 17.0. The number of amides is 1. The van der Waals surface area contributed by atoms with E-state index in [-0.39, 0.29) is 22.8 Å². The summed E-state index contributed by atoms with van der Waals surface area (Å²) < 4.78 is 6.99. The standard InChI is InChI=1S/C21H20N4O6/c1-12-6-13(2)8-17(7-12)31-18-10-15(9-16(11-18)25(29)30)22-20(26)14(3)24-5-4-19(23-24)21(27)28/h4-11,14H,1-3H3,(H,22,26)(H,27,28). The maximum Gasteiger partial charge on any atom is 0.356 e. The molecule has 0 saturated heterocycles. The van der Waals surface area contributed by atoms with Gasteiger partial charge in [-0.05, 0) is 50.1 Å². The fourth-order valence-electron chi connectivity index (χ4n) is 2.98. The van der Waals surface area contributed by atoms with Gasteiger partial charge in [-0.25, -0.2) is 4.79 Å². The van der Waals surface area contributed by atoms with Crippen molar-refractivity contribution in [3.63, 3.8) is 0 Å². The van der Waals surface area contributed by atoms with Gasteiger partial charge in [0.25, 0.3) is 5.69 Å². The second-order valence-corrected chi connectivity index (χ2v) is 7.05. The molecule has 0 aliphatic rings. The van der Waals surface area contributed by atoms with Gasteiger partial charge in [0.05, 0.1) is 16.7 Å². The number of hydrogen-bond donors (Lipinski definition) is 2. The topological polar surface area (TPSA) is 137 Å². The molecular weight excluding hydrogens is 404 g/mol. The molecule has 1 amide bonds. The lowest BCUT2D eigenvalue weighted by molar-refractivity contribution is -0.384. The van der Waals surface area contributed by atoms with Crippen LogP contribution in [0.5, 0.6) is 11.5 Å². The predicted octanol–water partition coefficient (Wildman–Crippen LogP) is 4.10. The number of carboxylic acid groups (broad SMARTS) is 1. The molecule has 3 rings (SSSR count). The number of nitrogens with one attached hydrogen (secondary N) is 1. The molecule has 3 aromatic rings. The molecule has 1 atom stereocenters. The number of anilines is 1. The molecule has 0 aliphatic carbocycles. The summed E-state index contributed by atoms with van der Waals surface area (Å²) in [5, 5.41) is 26.7. The Kier molecular flexibility index (Phi) is 6.00. The lowest BCUT2D eigenvalue weighted by Gasteiger charge is -2.14. The number of benzene rings is 2. The molecule has 31 heavy (non-hydrogen) atoms. The van der Waals surface area contributed by atoms with Gasteiger partial charge in [0.1, 0.15) is 17.5 Å². The average Bonchev–Trinajstić information content (AvgIpc) is 3.16. The van der Waals surface area contributed by atoms with Crippen LogP contribution in [0.15, 0.2) is 48.7 Å². The third kappa shape index (κ3) is 5.24. The van der Waals surface area contributed by atoms with Crippen molar-refractivity contribution in [2.24, 2.45) is 0 Å². The van der Waals surface area contributed by atoms with Crippen molar-refractivity contribution >= 4 is 23.3 Å². The van der Waals surface area contributed by atoms with E-state index < -0.39 is 22.8 Å². The van der Waals surface area contributed by atoms with E-state index >= 15 is 0 Å². The maximum atomic E-state index is 12.6. The number of aromatic nitrogens is 2. The van der Waals surface area contributed by atoms with Gasteiger partial charge in [0, 0.05) is 18.3 Å². The number of hydrogen-bond acceptors (Lipinski definition) is 6. The van der Waals surface area contributed by atoms with Gasteiger partial charge in [-0.1, -0.05) is 6.07 Å². The van der Waals surface area contributed by atoms with E-state index in [2.05, 4.69) is 10.4 Å². The van der Waals surface area contributed by atoms with Gasteiger partial charge in [-0.2, -0.15) is 5.10 Å². The Morgan fingerprint density at radius 3 is 2.35 bits per heavy atom. The molecule has 0 aliphatic heterocycles. The minimum Gasteiger partial charge on any atom is -0.476 e. The van der Waals surface area contributed by atoms with Gasteiger partial charge >= 0.3 is 5.97 Å². The first-order chi connectivity index (χ1) is 14.6. The van der Waals surface area contributed by atoms with Gasteiger partial charge in [0.2, 0.25) is 5.91 Å². The molecule has 0 fully saturated rings. The zero-order chi connectivity index (χ0) is 22.7. The van der Waals surface area contributed by atoms with E-state index in [1.165, 1.54) is 42.1 Å². The Labute approximate surface area is 177 Å². The van der Waals surface area contributed by atoms with E-state index in [4.69, 9.17) is 9.84 Å². The summed E-state index contributed by atoms with van der Waals surface area (Å²) in [5.74, 6) is -1.04. The Morgan fingerprint density at radius 2 is 1.77 bits per heavy atom. The molecule has 0 spiro atoms. The summed E-state index contributed by atoms with van der Waals surface area (Å²) in [6, 6.07) is 9.94. The highest BCUT2D eigenvalue weighted by molar-refractivity contribution is 5.94. The number of carbonyl (C=O) groups excluding carboxylic acids is 1. The molecular formula is C21H20N4O6. The third-order valence-corrected chi connectivity index (χ3v) is 4.40. The Hall–Kier alpha value is -4.21. The lowest BCUT2D eigenvalue weighted by Crippen LogP contribution is -2.24. The number of nitrogens with zero attached hydrogens (tertiary/aromatic N) is 3. The predicted molar refractivity (Wildman–Crippen MR) is 112 cm³/mol. The Bertz CT molecular complexity index is 1150. The molecule has 0 saturated carbocycles. The van der Waals surface area contributed by atoms with Crippen LogP contribution in [0.2, 0.25) is 0 Å². The van der Waals surface area contributed by atoms with Crippen molar-refractivity contribution in [2.75, 3.05) is 5.32 Å². The van der Waals surface area contributed by atoms with Crippen molar-refractivity contribution in [1.29, 1.82) is 0 Å². The minimum absolute atomic E-state index is 0.163. The molecule has 0 bridgehead atoms. The molecule has 0 radical (unpaired) electrons. The summed E-state index contributed by atoms with van der Waals surface area (Å²) in [7, 11) is 0. The SMILES string of the molecule is Cc1cc(C)cc(Oc2cc(NC(=O)C(C)n3ccc(C(=O)O)n3)cc([N+](=O)[O-])c2)c1. The van der Waals surface area contributed by atoms with Gasteiger partial charge in [-0.3, -0.25) is 19.6 Å². The van der Waals surface area contributed by atoms with Gasteiger partial charge in [0.15, 0.2) is 5.69 Å². The molecule has 1 unspecified atom stereocenters. The van der Waals surface area contributed by atoms with Crippen LogP contribution >= 0.6 is 0 Å². The number of nitro benzene ring substituents is 1. The molecule has 2 N–H and O–H groups in total. The Balaban J connectivity index is 1.84. The van der Waals surface area contributed by atoms with Gasteiger partial charge in [-0.15, -0.1) is 0 Å². The first-order valence-electron chi connectivity index (χ1n) is 9.27. The van der Waals surface area contributed by atoms with Crippen molar-refractivity contribution in [1.82, 2.24) is 9.78 Å². The van der Waals surface area contributed by atoms with E-state index in [1.807, 2.05) is 19.9 Å². The van der Waals surface area contributed by atoms with Crippen LogP contribution in [0.3, 0.4) is 0 Å². The first-order valence-corrected chi connectivity index (χ1v) is 9.27. The molecule has 160 valence electrons. The fraction of sp³-hybridized carbons (Fsp3) is 0.190. The highest BCUT2D eigenvalue weighted by Gasteiger charge is 2.20. The van der Waals surface area contributed by atoms with E-state index in [9.17, 15) is 19.7 Å². The largest absolute Gasteiger partial charge is 0.476 e. The number of nitro groups is 1. The minimum atomic E-state index is -1.21. The zero-order valence-electron chi connectivity index (χ0n) is 17.0. The van der Waals surface area contributed by atoms with Crippen molar-refractivity contribution in [3.05, 3.63) is 75.6 Å². The summed E-state index contributed by atoms with van der Waals surface area (Å²) in [6.07, 6.45) is 1.37. The normalized spacial score (nSPS) is 11.6. The highest BCUT2D eigenvalue weighted by atomic mass is 16.6. The Morgan fingerprint density at radius 1 is 1.13 bits per heavy atom. The van der Waals surface area contributed by atoms with Crippen LogP contribution in [0.25, 0.3) is 0 Å². The van der Waals surface area contributed by atoms with Crippen molar-refractivity contribution < 1.29 is 24.4 Å². The number of aryl methyl sites for hydroxylation is 2. The second-order valence-electron chi connectivity index (χ2n) is 7.05. The summed E-state index contributed by atoms with van der Waals surface area (Å²) in [4.78, 5) is 34.3. The number of aromatic carboxylic acids is 1. The summed E-state index contributed by atoms with van der Waals surface area (Å²) in [6.45, 7) is 5.34. The number of carboxylic acids is 1. The van der Waals surface area contributed by atoms with E-state index in [1.54, 1.807) is 12.1 Å². The monoisotopic (exact) mass is 424 g/mol. The number of non-ortho nitro benzene ring substituents is 1. The molecule has 2 aromatic carbocycles. The van der Waals surface area contributed by atoms with Crippen LogP contribution in [0, 0.1) is 24.0 Å². The summed E-state index contributed by atoms with van der Waals surface area (Å²) in [5.41, 5.74) is 1.66. The van der Waals surface area contributed by atoms with Crippen LogP contribution < -0.4 is 10.1 Å². The quantitative estimate of drug-likeness (QED) is 0.430. The highest BCUT2D eigenvalue weighted by Crippen LogP contribution is 2.31. The third-order valence-electron chi connectivity index (χ3n) is 4.40. The smallest absolute Gasteiger partial charge is 0.356 e. The van der Waals surface area contributed by atoms with Crippen LogP contribution in [0.1, 0.15) is 34.6 Å². The fourth-order valence-corrected chi connectivity index (χ4v) is 2.98. The summed E-state index contributed by atoms with van der Waals surface area (Å²) >= 11 is 0. The molecule has 1 heterocycles. The first kappa shape index (κ1) is 21.5. The molecule has 10 nitrogen and oxygen atoms in total. The average molecular weight is 424 g/mol. The van der Waals surface area contributed by atoms with E-state index in [0.29, 0.717) is 5.75 Å². The number of carbonyl (C=O) groups is 2. The van der Waals surface area contributed by atoms with Crippen LogP contribution in [-0.4, -0.2) is 31.7 Å². The second kappa shape index (κ2) is 8.66. The van der Waals surface area contributed by atoms with E-state index in [0.717, 1.165) is 11.1 Å². The van der Waals surface area contributed by atoms with Gasteiger partial charge < -0.3 is 15.2 Å². The molecule has 10 heteroatoms. The number of ether oxygens (including phenoxy) is 1. The van der Waals surface area contributed by atoms with Crippen LogP contribution in [0.4, 0.5) is 11.4 Å².